The van der Waals surface area contributed by atoms with E-state index in [4.69, 9.17) is 0 Å². The first-order valence-electron chi connectivity index (χ1n) is 6.46. The highest BCUT2D eigenvalue weighted by atomic mass is 32.1. The van der Waals surface area contributed by atoms with Crippen LogP contribution in [-0.2, 0) is 6.42 Å². The first-order valence-corrected chi connectivity index (χ1v) is 7.41. The lowest BCUT2D eigenvalue weighted by Crippen LogP contribution is -2.29. The summed E-state index contributed by atoms with van der Waals surface area (Å²) in [6.07, 6.45) is 5.15. The van der Waals surface area contributed by atoms with Crippen LogP contribution in [0.15, 0.2) is 16.8 Å². The second-order valence-corrected chi connectivity index (χ2v) is 5.68. The first kappa shape index (κ1) is 13.7. The fraction of sp³-hybridized carbons (Fsp3) is 0.714. The summed E-state index contributed by atoms with van der Waals surface area (Å²) in [5.74, 6) is 0.822. The van der Waals surface area contributed by atoms with E-state index in [1.54, 1.807) is 11.3 Å². The van der Waals surface area contributed by atoms with Crippen LogP contribution in [0.4, 0.5) is 0 Å². The number of aryl methyl sites for hydroxylation is 1. The van der Waals surface area contributed by atoms with Gasteiger partial charge in [0, 0.05) is 6.04 Å². The van der Waals surface area contributed by atoms with Crippen LogP contribution in [0.5, 0.6) is 0 Å². The van der Waals surface area contributed by atoms with Gasteiger partial charge in [-0.05, 0) is 60.5 Å². The summed E-state index contributed by atoms with van der Waals surface area (Å²) in [4.78, 5) is 0. The van der Waals surface area contributed by atoms with Crippen LogP contribution >= 0.6 is 11.3 Å². The van der Waals surface area contributed by atoms with E-state index in [1.165, 1.54) is 31.2 Å². The molecule has 92 valence electrons. The normalized spacial score (nSPS) is 13.2. The molecule has 0 spiro atoms. The van der Waals surface area contributed by atoms with E-state index in [1.807, 2.05) is 0 Å². The maximum atomic E-state index is 3.60. The van der Waals surface area contributed by atoms with Gasteiger partial charge in [-0.1, -0.05) is 20.8 Å². The molecular formula is C14H25NS. The minimum Gasteiger partial charge on any atom is -0.314 e. The molecule has 1 aromatic heterocycles. The molecule has 0 saturated heterocycles. The Morgan fingerprint density at radius 2 is 2.06 bits per heavy atom. The van der Waals surface area contributed by atoms with Crippen molar-refractivity contribution >= 4 is 11.3 Å². The van der Waals surface area contributed by atoms with E-state index in [0.717, 1.165) is 12.5 Å². The summed E-state index contributed by atoms with van der Waals surface area (Å²) in [6, 6.07) is 2.95. The molecule has 0 radical (unpaired) electrons. The van der Waals surface area contributed by atoms with Crippen LogP contribution in [0.3, 0.4) is 0 Å². The molecule has 1 rings (SSSR count). The van der Waals surface area contributed by atoms with Gasteiger partial charge in [-0.2, -0.15) is 11.3 Å². The third-order valence-electron chi connectivity index (χ3n) is 2.95. The Kier molecular flexibility index (Phi) is 6.74. The largest absolute Gasteiger partial charge is 0.314 e. The maximum absolute atomic E-state index is 3.60. The van der Waals surface area contributed by atoms with Gasteiger partial charge in [0.25, 0.3) is 0 Å². The molecule has 0 aliphatic carbocycles. The third-order valence-corrected chi connectivity index (χ3v) is 3.68. The Labute approximate surface area is 104 Å². The Morgan fingerprint density at radius 1 is 1.25 bits per heavy atom. The molecule has 0 aromatic carbocycles. The molecular weight excluding hydrogens is 214 g/mol. The summed E-state index contributed by atoms with van der Waals surface area (Å²) in [6.45, 7) is 7.91. The fourth-order valence-corrected chi connectivity index (χ4v) is 2.65. The lowest BCUT2D eigenvalue weighted by molar-refractivity contribution is 0.417. The van der Waals surface area contributed by atoms with Crippen molar-refractivity contribution in [3.63, 3.8) is 0 Å². The zero-order valence-electron chi connectivity index (χ0n) is 10.8. The molecule has 0 aliphatic rings. The van der Waals surface area contributed by atoms with Crippen molar-refractivity contribution in [2.75, 3.05) is 6.54 Å². The maximum Gasteiger partial charge on any atom is 0.00702 e. The Balaban J connectivity index is 2.27. The van der Waals surface area contributed by atoms with Crippen LogP contribution in [0.1, 0.15) is 45.6 Å². The molecule has 1 unspecified atom stereocenters. The van der Waals surface area contributed by atoms with Crippen LogP contribution in [0, 0.1) is 5.92 Å². The Morgan fingerprint density at radius 3 is 2.62 bits per heavy atom. The quantitative estimate of drug-likeness (QED) is 0.720. The fourth-order valence-electron chi connectivity index (χ4n) is 1.95. The topological polar surface area (TPSA) is 12.0 Å². The van der Waals surface area contributed by atoms with Gasteiger partial charge in [-0.25, -0.2) is 0 Å². The smallest absolute Gasteiger partial charge is 0.00702 e. The molecule has 0 amide bonds. The van der Waals surface area contributed by atoms with Crippen LogP contribution in [-0.4, -0.2) is 12.6 Å². The molecule has 0 saturated carbocycles. The van der Waals surface area contributed by atoms with Gasteiger partial charge in [-0.3, -0.25) is 0 Å². The zero-order valence-corrected chi connectivity index (χ0v) is 11.6. The first-order chi connectivity index (χ1) is 7.72. The lowest BCUT2D eigenvalue weighted by atomic mass is 9.99. The molecule has 2 heteroatoms. The van der Waals surface area contributed by atoms with E-state index in [2.05, 4.69) is 42.9 Å². The molecule has 0 bridgehead atoms. The molecule has 1 N–H and O–H groups in total. The number of hydrogen-bond donors (Lipinski definition) is 1. The van der Waals surface area contributed by atoms with E-state index < -0.39 is 0 Å². The second kappa shape index (κ2) is 7.86. The minimum atomic E-state index is 0.701. The molecule has 1 heterocycles. The second-order valence-electron chi connectivity index (χ2n) is 4.90. The summed E-state index contributed by atoms with van der Waals surface area (Å²) in [5.41, 5.74) is 1.50. The summed E-state index contributed by atoms with van der Waals surface area (Å²) >= 11 is 1.80. The number of hydrogen-bond acceptors (Lipinski definition) is 2. The zero-order chi connectivity index (χ0) is 11.8. The average molecular weight is 239 g/mol. The van der Waals surface area contributed by atoms with Crippen molar-refractivity contribution in [3.05, 3.63) is 22.4 Å². The minimum absolute atomic E-state index is 0.701. The summed E-state index contributed by atoms with van der Waals surface area (Å²) in [7, 11) is 0. The van der Waals surface area contributed by atoms with Gasteiger partial charge in [0.2, 0.25) is 0 Å². The Hall–Kier alpha value is -0.340. The van der Waals surface area contributed by atoms with Crippen LogP contribution in [0.25, 0.3) is 0 Å². The number of rotatable bonds is 8. The standard InChI is InChI=1S/C14H25NS/c1-4-15-14(7-5-12(2)3)8-6-13-9-10-16-11-13/h9-12,14-15H,4-8H2,1-3H3. The van der Waals surface area contributed by atoms with Crippen molar-refractivity contribution in [2.45, 2.75) is 52.5 Å². The molecule has 1 nitrogen and oxygen atoms in total. The van der Waals surface area contributed by atoms with Gasteiger partial charge in [-0.15, -0.1) is 0 Å². The van der Waals surface area contributed by atoms with Crippen molar-refractivity contribution < 1.29 is 0 Å². The van der Waals surface area contributed by atoms with E-state index in [9.17, 15) is 0 Å². The molecule has 1 atom stereocenters. The lowest BCUT2D eigenvalue weighted by Gasteiger charge is -2.18. The predicted octanol–water partition coefficient (Wildman–Crippen LogP) is 4.10. The summed E-state index contributed by atoms with van der Waals surface area (Å²) in [5, 5.41) is 8.05. The highest BCUT2D eigenvalue weighted by Gasteiger charge is 2.08. The van der Waals surface area contributed by atoms with E-state index in [0.29, 0.717) is 6.04 Å². The average Bonchev–Trinajstić information content (AvgIpc) is 2.75. The van der Waals surface area contributed by atoms with Crippen molar-refractivity contribution in [1.82, 2.24) is 5.32 Å². The highest BCUT2D eigenvalue weighted by Crippen LogP contribution is 2.14. The molecule has 16 heavy (non-hydrogen) atoms. The summed E-state index contributed by atoms with van der Waals surface area (Å²) < 4.78 is 0. The van der Waals surface area contributed by atoms with Gasteiger partial charge >= 0.3 is 0 Å². The van der Waals surface area contributed by atoms with E-state index in [-0.39, 0.29) is 0 Å². The molecule has 1 aromatic rings. The predicted molar refractivity (Wildman–Crippen MR) is 74.2 cm³/mol. The van der Waals surface area contributed by atoms with Gasteiger partial charge in [0.15, 0.2) is 0 Å². The van der Waals surface area contributed by atoms with Gasteiger partial charge in [0.1, 0.15) is 0 Å². The van der Waals surface area contributed by atoms with Crippen molar-refractivity contribution in [1.29, 1.82) is 0 Å². The van der Waals surface area contributed by atoms with Crippen LogP contribution < -0.4 is 5.32 Å². The number of thiophene rings is 1. The molecule has 0 fully saturated rings. The molecule has 0 aliphatic heterocycles. The SMILES string of the molecule is CCNC(CCc1ccsc1)CCC(C)C. The van der Waals surface area contributed by atoms with E-state index >= 15 is 0 Å². The van der Waals surface area contributed by atoms with Crippen LogP contribution in [0.2, 0.25) is 0 Å². The third kappa shape index (κ3) is 5.66. The van der Waals surface area contributed by atoms with Crippen molar-refractivity contribution in [2.24, 2.45) is 5.92 Å². The van der Waals surface area contributed by atoms with Gasteiger partial charge < -0.3 is 5.32 Å². The van der Waals surface area contributed by atoms with Crippen molar-refractivity contribution in [3.8, 4) is 0 Å². The number of nitrogens with one attached hydrogen (secondary N) is 1. The Bertz CT molecular complexity index is 254. The monoisotopic (exact) mass is 239 g/mol. The van der Waals surface area contributed by atoms with Gasteiger partial charge in [0.05, 0.1) is 0 Å². The highest BCUT2D eigenvalue weighted by molar-refractivity contribution is 7.07.